The van der Waals surface area contributed by atoms with Crippen molar-refractivity contribution in [2.24, 2.45) is 5.73 Å². The van der Waals surface area contributed by atoms with E-state index in [0.717, 1.165) is 5.56 Å². The van der Waals surface area contributed by atoms with Gasteiger partial charge < -0.3 is 16.2 Å². The number of benzene rings is 2. The van der Waals surface area contributed by atoms with Gasteiger partial charge in [-0.1, -0.05) is 41.9 Å². The number of hydrogen-bond acceptors (Lipinski definition) is 3. The van der Waals surface area contributed by atoms with E-state index in [1.807, 2.05) is 30.3 Å². The first-order chi connectivity index (χ1) is 9.56. The Hall–Kier alpha value is -2.04. The number of rotatable bonds is 4. The van der Waals surface area contributed by atoms with Crippen LogP contribution in [0.25, 0.3) is 0 Å². The molecule has 0 aliphatic carbocycles. The molecule has 0 heterocycles. The molecule has 0 fully saturated rings. The number of hydrogen-bond donors (Lipinski definition) is 3. The fourth-order valence-corrected chi connectivity index (χ4v) is 1.96. The van der Waals surface area contributed by atoms with E-state index in [-0.39, 0.29) is 16.7 Å². The van der Waals surface area contributed by atoms with Gasteiger partial charge in [-0.3, -0.25) is 4.79 Å². The number of phenols is 1. The van der Waals surface area contributed by atoms with Gasteiger partial charge >= 0.3 is 0 Å². The summed E-state index contributed by atoms with van der Waals surface area (Å²) in [7, 11) is 0. The van der Waals surface area contributed by atoms with Crippen LogP contribution >= 0.6 is 11.6 Å². The summed E-state index contributed by atoms with van der Waals surface area (Å²) in [6, 6.07) is 13.4. The van der Waals surface area contributed by atoms with E-state index in [9.17, 15) is 9.90 Å². The third kappa shape index (κ3) is 3.73. The lowest BCUT2D eigenvalue weighted by atomic mass is 10.1. The van der Waals surface area contributed by atoms with Crippen LogP contribution in [0.3, 0.4) is 0 Å². The summed E-state index contributed by atoms with van der Waals surface area (Å²) in [4.78, 5) is 12.0. The van der Waals surface area contributed by atoms with Crippen molar-refractivity contribution in [2.45, 2.75) is 12.5 Å². The third-order valence-corrected chi connectivity index (χ3v) is 3.15. The predicted octanol–water partition coefficient (Wildman–Crippen LogP) is 2.55. The molecule has 0 aromatic heterocycles. The highest BCUT2D eigenvalue weighted by molar-refractivity contribution is 6.32. The van der Waals surface area contributed by atoms with Gasteiger partial charge in [0.05, 0.1) is 11.1 Å². The highest BCUT2D eigenvalue weighted by Crippen LogP contribution is 2.26. The number of aromatic hydroxyl groups is 1. The van der Waals surface area contributed by atoms with Gasteiger partial charge in [0.15, 0.2) is 0 Å². The van der Waals surface area contributed by atoms with Gasteiger partial charge in [0.1, 0.15) is 5.75 Å². The molecule has 20 heavy (non-hydrogen) atoms. The minimum absolute atomic E-state index is 0.0294. The SMILES string of the molecule is N[C@H](Cc1ccccc1)C(=O)Nc1ccc(O)c(Cl)c1. The molecule has 4 nitrogen and oxygen atoms in total. The first-order valence-corrected chi connectivity index (χ1v) is 6.53. The van der Waals surface area contributed by atoms with Crippen LogP contribution in [0.2, 0.25) is 5.02 Å². The minimum Gasteiger partial charge on any atom is -0.506 e. The van der Waals surface area contributed by atoms with E-state index in [1.54, 1.807) is 6.07 Å². The van der Waals surface area contributed by atoms with E-state index in [1.165, 1.54) is 12.1 Å². The molecule has 1 amide bonds. The molecule has 1 atom stereocenters. The summed E-state index contributed by atoms with van der Waals surface area (Å²) < 4.78 is 0. The van der Waals surface area contributed by atoms with Crippen molar-refractivity contribution < 1.29 is 9.90 Å². The lowest BCUT2D eigenvalue weighted by Gasteiger charge is -2.12. The van der Waals surface area contributed by atoms with Crippen LogP contribution in [0, 0.1) is 0 Å². The first-order valence-electron chi connectivity index (χ1n) is 6.15. The Bertz CT molecular complexity index is 602. The molecule has 0 saturated carbocycles. The molecule has 0 aliphatic heterocycles. The maximum Gasteiger partial charge on any atom is 0.241 e. The monoisotopic (exact) mass is 290 g/mol. The Balaban J connectivity index is 1.99. The second-order valence-corrected chi connectivity index (χ2v) is 4.86. The highest BCUT2D eigenvalue weighted by atomic mass is 35.5. The maximum absolute atomic E-state index is 12.0. The van der Waals surface area contributed by atoms with Crippen molar-refractivity contribution in [3.8, 4) is 5.75 Å². The van der Waals surface area contributed by atoms with Crippen molar-refractivity contribution in [1.82, 2.24) is 0 Å². The van der Waals surface area contributed by atoms with Crippen molar-refractivity contribution in [1.29, 1.82) is 0 Å². The third-order valence-electron chi connectivity index (χ3n) is 2.85. The van der Waals surface area contributed by atoms with E-state index >= 15 is 0 Å². The molecule has 0 bridgehead atoms. The molecule has 0 radical (unpaired) electrons. The van der Waals surface area contributed by atoms with Crippen LogP contribution in [0.5, 0.6) is 5.75 Å². The lowest BCUT2D eigenvalue weighted by molar-refractivity contribution is -0.117. The van der Waals surface area contributed by atoms with Crippen molar-refractivity contribution in [3.05, 3.63) is 59.1 Å². The number of nitrogens with two attached hydrogens (primary N) is 1. The molecule has 2 aromatic carbocycles. The quantitative estimate of drug-likeness (QED) is 0.758. The molecule has 2 rings (SSSR count). The first kappa shape index (κ1) is 14.4. The number of carbonyl (C=O) groups excluding carboxylic acids is 1. The zero-order chi connectivity index (χ0) is 14.5. The van der Waals surface area contributed by atoms with Crippen molar-refractivity contribution in [2.75, 3.05) is 5.32 Å². The Labute approximate surface area is 122 Å². The molecule has 0 saturated heterocycles. The summed E-state index contributed by atoms with van der Waals surface area (Å²) in [5, 5.41) is 12.2. The molecule has 0 unspecified atom stereocenters. The number of phenolic OH excluding ortho intramolecular Hbond substituents is 1. The molecule has 2 aromatic rings. The van der Waals surface area contributed by atoms with Crippen LogP contribution in [0.15, 0.2) is 48.5 Å². The zero-order valence-electron chi connectivity index (χ0n) is 10.7. The van der Waals surface area contributed by atoms with Gasteiger partial charge in [-0.05, 0) is 30.2 Å². The summed E-state index contributed by atoms with van der Waals surface area (Å²) in [5.74, 6) is -0.325. The molecule has 0 spiro atoms. The van der Waals surface area contributed by atoms with Crippen LogP contribution in [0.1, 0.15) is 5.56 Å². The fraction of sp³-hybridized carbons (Fsp3) is 0.133. The van der Waals surface area contributed by atoms with Gasteiger partial charge in [-0.25, -0.2) is 0 Å². The summed E-state index contributed by atoms with van der Waals surface area (Å²) in [6.45, 7) is 0. The fourth-order valence-electron chi connectivity index (χ4n) is 1.78. The van der Waals surface area contributed by atoms with E-state index in [0.29, 0.717) is 12.1 Å². The van der Waals surface area contributed by atoms with Crippen LogP contribution < -0.4 is 11.1 Å². The molecule has 5 heteroatoms. The Morgan fingerprint density at radius 2 is 1.95 bits per heavy atom. The van der Waals surface area contributed by atoms with Crippen LogP contribution in [-0.2, 0) is 11.2 Å². The lowest BCUT2D eigenvalue weighted by Crippen LogP contribution is -2.37. The highest BCUT2D eigenvalue weighted by Gasteiger charge is 2.14. The van der Waals surface area contributed by atoms with Crippen molar-refractivity contribution >= 4 is 23.2 Å². The van der Waals surface area contributed by atoms with Crippen LogP contribution in [0.4, 0.5) is 5.69 Å². The predicted molar refractivity (Wildman–Crippen MR) is 79.9 cm³/mol. The number of nitrogens with one attached hydrogen (secondary N) is 1. The van der Waals surface area contributed by atoms with Gasteiger partial charge in [-0.2, -0.15) is 0 Å². The minimum atomic E-state index is -0.648. The second kappa shape index (κ2) is 6.41. The van der Waals surface area contributed by atoms with Gasteiger partial charge in [0.25, 0.3) is 0 Å². The van der Waals surface area contributed by atoms with Gasteiger partial charge in [-0.15, -0.1) is 0 Å². The standard InChI is InChI=1S/C15H15ClN2O2/c16-12-9-11(6-7-14(12)19)18-15(20)13(17)8-10-4-2-1-3-5-10/h1-7,9,13,19H,8,17H2,(H,18,20)/t13-/m1/s1. The number of carbonyl (C=O) groups is 1. The molecular formula is C15H15ClN2O2. The van der Waals surface area contributed by atoms with Gasteiger partial charge in [0.2, 0.25) is 5.91 Å². The molecular weight excluding hydrogens is 276 g/mol. The summed E-state index contributed by atoms with van der Waals surface area (Å²) >= 11 is 5.77. The van der Waals surface area contributed by atoms with E-state index in [4.69, 9.17) is 17.3 Å². The van der Waals surface area contributed by atoms with Crippen LogP contribution in [-0.4, -0.2) is 17.1 Å². The average molecular weight is 291 g/mol. The largest absolute Gasteiger partial charge is 0.506 e. The number of amides is 1. The second-order valence-electron chi connectivity index (χ2n) is 4.45. The van der Waals surface area contributed by atoms with E-state index < -0.39 is 6.04 Å². The topological polar surface area (TPSA) is 75.4 Å². The maximum atomic E-state index is 12.0. The molecule has 0 aliphatic rings. The molecule has 4 N–H and O–H groups in total. The Morgan fingerprint density at radius 3 is 2.60 bits per heavy atom. The smallest absolute Gasteiger partial charge is 0.241 e. The normalized spacial score (nSPS) is 11.9. The zero-order valence-corrected chi connectivity index (χ0v) is 11.5. The summed E-state index contributed by atoms with van der Waals surface area (Å²) in [5.41, 5.74) is 7.37. The average Bonchev–Trinajstić information content (AvgIpc) is 2.44. The number of anilines is 1. The molecule has 104 valence electrons. The number of halogens is 1. The van der Waals surface area contributed by atoms with Crippen molar-refractivity contribution in [3.63, 3.8) is 0 Å². The van der Waals surface area contributed by atoms with E-state index in [2.05, 4.69) is 5.32 Å². The summed E-state index contributed by atoms with van der Waals surface area (Å²) in [6.07, 6.45) is 0.457. The Morgan fingerprint density at radius 1 is 1.25 bits per heavy atom. The van der Waals surface area contributed by atoms with Gasteiger partial charge in [0, 0.05) is 5.69 Å². The Kier molecular flexibility index (Phi) is 4.61.